The number of aliphatic hydroxyl groups is 2. The molecule has 0 unspecified atom stereocenters. The molecule has 47 heavy (non-hydrogen) atoms. The molecule has 0 aromatic heterocycles. The van der Waals surface area contributed by atoms with E-state index in [9.17, 15) is 9.59 Å². The van der Waals surface area contributed by atoms with Gasteiger partial charge < -0.3 is 29.2 Å². The van der Waals surface area contributed by atoms with Gasteiger partial charge in [-0.1, -0.05) is 93.6 Å². The Morgan fingerprint density at radius 3 is 1.96 bits per heavy atom. The van der Waals surface area contributed by atoms with Crippen LogP contribution in [0.15, 0.2) is 91.0 Å². The van der Waals surface area contributed by atoms with Crippen LogP contribution in [0.5, 0.6) is 0 Å². The average Bonchev–Trinajstić information content (AvgIpc) is 3.11. The van der Waals surface area contributed by atoms with E-state index in [1.807, 2.05) is 24.3 Å². The number of halogens is 1. The van der Waals surface area contributed by atoms with Crippen molar-refractivity contribution in [3.8, 4) is 11.1 Å². The average molecular weight is 647 g/mol. The number of rotatable bonds is 16. The Balaban J connectivity index is 1.35. The number of carbonyl (C=O) groups excluding carboxylic acids is 2. The summed E-state index contributed by atoms with van der Waals surface area (Å²) in [6.07, 6.45) is 3.94. The van der Waals surface area contributed by atoms with Crippen LogP contribution in [-0.4, -0.2) is 61.8 Å². The van der Waals surface area contributed by atoms with Crippen molar-refractivity contribution in [1.82, 2.24) is 0 Å². The molecular formula is C38H43FO8. The summed E-state index contributed by atoms with van der Waals surface area (Å²) >= 11 is 0. The maximum absolute atomic E-state index is 15.2. The third-order valence-corrected chi connectivity index (χ3v) is 8.17. The Morgan fingerprint density at radius 1 is 0.851 bits per heavy atom. The van der Waals surface area contributed by atoms with Crippen LogP contribution in [0.25, 0.3) is 11.1 Å². The SMILES string of the molecule is C=C(CO)C(=O)OCC(COC(=O)C(=C)CO)c1ccc(C2OCC(c3ccc(-c4ccc(CCCCC)cc4)c(F)c3)CO2)cc1. The zero-order chi connectivity index (χ0) is 33.8. The Bertz CT molecular complexity index is 1480. The first-order chi connectivity index (χ1) is 22.7. The van der Waals surface area contributed by atoms with Crippen molar-refractivity contribution in [2.24, 2.45) is 0 Å². The van der Waals surface area contributed by atoms with E-state index in [-0.39, 0.29) is 36.1 Å². The molecule has 0 aliphatic carbocycles. The molecule has 8 nitrogen and oxygen atoms in total. The highest BCUT2D eigenvalue weighted by atomic mass is 19.1. The zero-order valence-corrected chi connectivity index (χ0v) is 26.8. The van der Waals surface area contributed by atoms with Gasteiger partial charge in [-0.25, -0.2) is 14.0 Å². The fourth-order valence-electron chi connectivity index (χ4n) is 5.19. The van der Waals surface area contributed by atoms with Crippen LogP contribution >= 0.6 is 0 Å². The van der Waals surface area contributed by atoms with Crippen LogP contribution in [0, 0.1) is 5.82 Å². The van der Waals surface area contributed by atoms with Crippen molar-refractivity contribution in [2.45, 2.75) is 50.7 Å². The van der Waals surface area contributed by atoms with Crippen LogP contribution in [0.3, 0.4) is 0 Å². The molecule has 9 heteroatoms. The lowest BCUT2D eigenvalue weighted by Gasteiger charge is -2.30. The molecule has 0 spiro atoms. The van der Waals surface area contributed by atoms with Gasteiger partial charge in [-0.15, -0.1) is 0 Å². The number of aliphatic hydroxyl groups excluding tert-OH is 2. The van der Waals surface area contributed by atoms with Gasteiger partial charge in [-0.05, 0) is 41.2 Å². The summed E-state index contributed by atoms with van der Waals surface area (Å²) in [5, 5.41) is 18.3. The Hall–Kier alpha value is -4.15. The minimum atomic E-state index is -0.764. The van der Waals surface area contributed by atoms with E-state index in [0.717, 1.165) is 29.5 Å². The van der Waals surface area contributed by atoms with Crippen molar-refractivity contribution in [2.75, 3.05) is 39.6 Å². The number of carbonyl (C=O) groups is 2. The van der Waals surface area contributed by atoms with E-state index in [1.54, 1.807) is 30.3 Å². The number of hydrogen-bond acceptors (Lipinski definition) is 8. The Kier molecular flexibility index (Phi) is 13.4. The van der Waals surface area contributed by atoms with Crippen molar-refractivity contribution >= 4 is 11.9 Å². The lowest BCUT2D eigenvalue weighted by Crippen LogP contribution is -2.26. The maximum Gasteiger partial charge on any atom is 0.335 e. The minimum absolute atomic E-state index is 0.101. The normalized spacial score (nSPS) is 16.1. The molecule has 250 valence electrons. The molecule has 0 atom stereocenters. The van der Waals surface area contributed by atoms with Crippen LogP contribution in [0.2, 0.25) is 0 Å². The summed E-state index contributed by atoms with van der Waals surface area (Å²) in [7, 11) is 0. The van der Waals surface area contributed by atoms with E-state index in [0.29, 0.717) is 24.3 Å². The fraction of sp³-hybridized carbons (Fsp3) is 0.368. The number of ether oxygens (including phenoxy) is 4. The predicted molar refractivity (Wildman–Crippen MR) is 176 cm³/mol. The van der Waals surface area contributed by atoms with Gasteiger partial charge in [-0.2, -0.15) is 0 Å². The molecule has 1 aliphatic heterocycles. The predicted octanol–water partition coefficient (Wildman–Crippen LogP) is 6.32. The molecule has 1 fully saturated rings. The van der Waals surface area contributed by atoms with Gasteiger partial charge in [0, 0.05) is 17.0 Å². The van der Waals surface area contributed by atoms with E-state index in [4.69, 9.17) is 29.2 Å². The van der Waals surface area contributed by atoms with Crippen LogP contribution < -0.4 is 0 Å². The van der Waals surface area contributed by atoms with Crippen molar-refractivity contribution in [1.29, 1.82) is 0 Å². The topological polar surface area (TPSA) is 112 Å². The maximum atomic E-state index is 15.2. The zero-order valence-electron chi connectivity index (χ0n) is 26.8. The molecule has 3 aromatic carbocycles. The molecule has 4 rings (SSSR count). The highest BCUT2D eigenvalue weighted by Crippen LogP contribution is 2.33. The van der Waals surface area contributed by atoms with Gasteiger partial charge in [0.15, 0.2) is 6.29 Å². The highest BCUT2D eigenvalue weighted by Gasteiger charge is 2.26. The summed E-state index contributed by atoms with van der Waals surface area (Å²) in [5.74, 6) is -2.49. The molecule has 1 heterocycles. The van der Waals surface area contributed by atoms with Crippen LogP contribution in [0.4, 0.5) is 4.39 Å². The molecule has 3 aromatic rings. The molecule has 0 radical (unpaired) electrons. The molecule has 1 saturated heterocycles. The van der Waals surface area contributed by atoms with Gasteiger partial charge in [0.05, 0.1) is 43.5 Å². The second-order valence-corrected chi connectivity index (χ2v) is 11.7. The third kappa shape index (κ3) is 9.92. The highest BCUT2D eigenvalue weighted by molar-refractivity contribution is 5.88. The monoisotopic (exact) mass is 646 g/mol. The summed E-state index contributed by atoms with van der Waals surface area (Å²) in [6, 6.07) is 20.6. The minimum Gasteiger partial charge on any atom is -0.461 e. The number of esters is 2. The van der Waals surface area contributed by atoms with E-state index >= 15 is 4.39 Å². The molecule has 0 amide bonds. The van der Waals surface area contributed by atoms with E-state index in [2.05, 4.69) is 32.2 Å². The largest absolute Gasteiger partial charge is 0.461 e. The molecule has 1 aliphatic rings. The Labute approximate surface area is 275 Å². The van der Waals surface area contributed by atoms with Gasteiger partial charge in [0.2, 0.25) is 0 Å². The van der Waals surface area contributed by atoms with Crippen molar-refractivity contribution in [3.63, 3.8) is 0 Å². The van der Waals surface area contributed by atoms with Crippen LogP contribution in [-0.2, 0) is 35.0 Å². The van der Waals surface area contributed by atoms with Gasteiger partial charge >= 0.3 is 11.9 Å². The van der Waals surface area contributed by atoms with Crippen molar-refractivity contribution < 1.29 is 43.1 Å². The van der Waals surface area contributed by atoms with Gasteiger partial charge in [0.1, 0.15) is 19.0 Å². The fourth-order valence-corrected chi connectivity index (χ4v) is 5.19. The standard InChI is InChI=1S/C38H43FO8/c1-4-5-6-7-27-8-10-29(11-9-27)34-17-16-31(18-35(34)39)33-23-46-38(47-24-33)30-14-12-28(13-15-30)32(21-44-36(42)25(2)19-40)22-45-37(43)26(3)20-41/h8-18,32-33,38,40-41H,2-7,19-24H2,1H3. The smallest absolute Gasteiger partial charge is 0.335 e. The number of unbranched alkanes of at least 4 members (excludes halogenated alkanes) is 2. The number of benzene rings is 3. The molecule has 0 saturated carbocycles. The van der Waals surface area contributed by atoms with E-state index < -0.39 is 37.4 Å². The summed E-state index contributed by atoms with van der Waals surface area (Å²) in [5.41, 5.74) is 4.72. The second kappa shape index (κ2) is 17.7. The number of aryl methyl sites for hydroxylation is 1. The lowest BCUT2D eigenvalue weighted by atomic mass is 9.95. The number of hydrogen-bond donors (Lipinski definition) is 2. The summed E-state index contributed by atoms with van der Waals surface area (Å²) in [4.78, 5) is 24.1. The van der Waals surface area contributed by atoms with Crippen molar-refractivity contribution in [3.05, 3.63) is 119 Å². The van der Waals surface area contributed by atoms with Crippen LogP contribution in [0.1, 0.15) is 66.6 Å². The molecule has 2 N–H and O–H groups in total. The molecular weight excluding hydrogens is 603 g/mol. The Morgan fingerprint density at radius 2 is 1.43 bits per heavy atom. The van der Waals surface area contributed by atoms with Gasteiger partial charge in [0.25, 0.3) is 0 Å². The lowest BCUT2D eigenvalue weighted by molar-refractivity contribution is -0.191. The molecule has 0 bridgehead atoms. The van der Waals surface area contributed by atoms with E-state index in [1.165, 1.54) is 18.4 Å². The quantitative estimate of drug-likeness (QED) is 0.106. The first-order valence-electron chi connectivity index (χ1n) is 15.9. The third-order valence-electron chi connectivity index (χ3n) is 8.17. The summed E-state index contributed by atoms with van der Waals surface area (Å²) in [6.45, 7) is 8.41. The second-order valence-electron chi connectivity index (χ2n) is 11.7. The first kappa shape index (κ1) is 35.7. The summed E-state index contributed by atoms with van der Waals surface area (Å²) < 4.78 is 37.8. The van der Waals surface area contributed by atoms with Gasteiger partial charge in [-0.3, -0.25) is 0 Å². The first-order valence-corrected chi connectivity index (χ1v) is 15.9.